The number of nitrogens with one attached hydrogen (secondary N) is 3. The molecule has 0 saturated heterocycles. The summed E-state index contributed by atoms with van der Waals surface area (Å²) in [5.74, 6) is -0.354. The van der Waals surface area contributed by atoms with Crippen LogP contribution in [0, 0.1) is 6.92 Å². The van der Waals surface area contributed by atoms with Crippen molar-refractivity contribution in [3.8, 4) is 0 Å². The highest BCUT2D eigenvalue weighted by Crippen LogP contribution is 2.23. The van der Waals surface area contributed by atoms with E-state index in [0.717, 1.165) is 17.8 Å². The molecule has 0 radical (unpaired) electrons. The van der Waals surface area contributed by atoms with Gasteiger partial charge in [-0.3, -0.25) is 10.1 Å². The number of H-pyrrole nitrogens is 1. The standard InChI is InChI=1S/C16H20N4O2S/c1-10-13(9-12-7-5-4-6-8-12)19-16(18-10)23-11(2)14(21)20-15(22)17-3/h4-8,11H,9H2,1-3H3,(H,18,19)(H2,17,20,21,22)/t11-/m1/s1. The van der Waals surface area contributed by atoms with E-state index >= 15 is 0 Å². The fourth-order valence-electron chi connectivity index (χ4n) is 1.98. The number of benzene rings is 1. The second-order valence-electron chi connectivity index (χ2n) is 5.10. The number of nitrogens with zero attached hydrogens (tertiary/aromatic N) is 1. The monoisotopic (exact) mass is 332 g/mol. The SMILES string of the molecule is CNC(=O)NC(=O)[C@@H](C)Sc1nc(Cc2ccccc2)c(C)[nH]1. The van der Waals surface area contributed by atoms with Crippen LogP contribution < -0.4 is 10.6 Å². The van der Waals surface area contributed by atoms with Crippen LogP contribution in [-0.4, -0.2) is 34.2 Å². The predicted molar refractivity (Wildman–Crippen MR) is 90.5 cm³/mol. The fraction of sp³-hybridized carbons (Fsp3) is 0.312. The summed E-state index contributed by atoms with van der Waals surface area (Å²) in [5.41, 5.74) is 3.12. The molecule has 0 aliphatic rings. The van der Waals surface area contributed by atoms with Crippen LogP contribution in [0.25, 0.3) is 0 Å². The summed E-state index contributed by atoms with van der Waals surface area (Å²) in [6, 6.07) is 9.58. The van der Waals surface area contributed by atoms with E-state index in [1.54, 1.807) is 6.92 Å². The van der Waals surface area contributed by atoms with E-state index in [1.165, 1.54) is 24.4 Å². The number of hydrogen-bond acceptors (Lipinski definition) is 4. The Kier molecular flexibility index (Phi) is 5.81. The first-order valence-electron chi connectivity index (χ1n) is 7.28. The van der Waals surface area contributed by atoms with E-state index in [0.29, 0.717) is 5.16 Å². The number of carbonyl (C=O) groups excluding carboxylic acids is 2. The van der Waals surface area contributed by atoms with Crippen molar-refractivity contribution < 1.29 is 9.59 Å². The second kappa shape index (κ2) is 7.82. The Morgan fingerprint density at radius 2 is 2.00 bits per heavy atom. The molecule has 0 aliphatic heterocycles. The average Bonchev–Trinajstić information content (AvgIpc) is 2.87. The lowest BCUT2D eigenvalue weighted by molar-refractivity contribution is -0.119. The first-order chi connectivity index (χ1) is 11.0. The van der Waals surface area contributed by atoms with E-state index in [9.17, 15) is 9.59 Å². The number of thioether (sulfide) groups is 1. The number of rotatable bonds is 5. The van der Waals surface area contributed by atoms with Gasteiger partial charge < -0.3 is 10.3 Å². The summed E-state index contributed by atoms with van der Waals surface area (Å²) in [5, 5.41) is 4.86. The molecule has 122 valence electrons. The van der Waals surface area contributed by atoms with Crippen LogP contribution in [0.3, 0.4) is 0 Å². The Balaban J connectivity index is 2.00. The summed E-state index contributed by atoms with van der Waals surface area (Å²) < 4.78 is 0. The normalized spacial score (nSPS) is 11.8. The van der Waals surface area contributed by atoms with Gasteiger partial charge in [-0.15, -0.1) is 0 Å². The molecule has 0 unspecified atom stereocenters. The van der Waals surface area contributed by atoms with Crippen molar-refractivity contribution in [1.29, 1.82) is 0 Å². The molecule has 0 fully saturated rings. The first kappa shape index (κ1) is 17.1. The molecule has 1 aromatic heterocycles. The predicted octanol–water partition coefficient (Wildman–Crippen LogP) is 2.25. The lowest BCUT2D eigenvalue weighted by Crippen LogP contribution is -2.41. The van der Waals surface area contributed by atoms with Crippen LogP contribution in [0.4, 0.5) is 4.79 Å². The Hall–Kier alpha value is -2.28. The Morgan fingerprint density at radius 1 is 1.30 bits per heavy atom. The molecule has 0 aliphatic carbocycles. The van der Waals surface area contributed by atoms with Gasteiger partial charge in [0, 0.05) is 19.2 Å². The summed E-state index contributed by atoms with van der Waals surface area (Å²) in [6.07, 6.45) is 0.739. The molecule has 7 heteroatoms. The molecule has 0 bridgehead atoms. The molecule has 1 heterocycles. The van der Waals surface area contributed by atoms with Gasteiger partial charge in [-0.25, -0.2) is 9.78 Å². The smallest absolute Gasteiger partial charge is 0.321 e. The molecule has 2 aromatic rings. The molecule has 23 heavy (non-hydrogen) atoms. The molecule has 6 nitrogen and oxygen atoms in total. The van der Waals surface area contributed by atoms with Crippen molar-refractivity contribution >= 4 is 23.7 Å². The number of hydrogen-bond donors (Lipinski definition) is 3. The zero-order valence-corrected chi connectivity index (χ0v) is 14.2. The highest BCUT2D eigenvalue weighted by Gasteiger charge is 2.19. The van der Waals surface area contributed by atoms with Gasteiger partial charge >= 0.3 is 6.03 Å². The average molecular weight is 332 g/mol. The lowest BCUT2D eigenvalue weighted by atomic mass is 10.1. The lowest BCUT2D eigenvalue weighted by Gasteiger charge is -2.08. The highest BCUT2D eigenvalue weighted by molar-refractivity contribution is 8.00. The topological polar surface area (TPSA) is 86.9 Å². The minimum Gasteiger partial charge on any atom is -0.341 e. The third kappa shape index (κ3) is 4.85. The zero-order chi connectivity index (χ0) is 16.8. The number of amides is 3. The summed E-state index contributed by atoms with van der Waals surface area (Å²) in [6.45, 7) is 3.70. The molecule has 0 saturated carbocycles. The van der Waals surface area contributed by atoms with Crippen LogP contribution in [-0.2, 0) is 11.2 Å². The van der Waals surface area contributed by atoms with Crippen molar-refractivity contribution in [1.82, 2.24) is 20.6 Å². The van der Waals surface area contributed by atoms with Crippen LogP contribution in [0.1, 0.15) is 23.9 Å². The van der Waals surface area contributed by atoms with Gasteiger partial charge in [0.2, 0.25) is 5.91 Å². The molecular formula is C16H20N4O2S. The van der Waals surface area contributed by atoms with Gasteiger partial charge in [-0.2, -0.15) is 0 Å². The van der Waals surface area contributed by atoms with Crippen LogP contribution in [0.5, 0.6) is 0 Å². The number of urea groups is 1. The first-order valence-corrected chi connectivity index (χ1v) is 8.16. The number of aryl methyl sites for hydroxylation is 1. The highest BCUT2D eigenvalue weighted by atomic mass is 32.2. The maximum atomic E-state index is 11.9. The molecule has 3 N–H and O–H groups in total. The van der Waals surface area contributed by atoms with Gasteiger partial charge in [-0.1, -0.05) is 42.1 Å². The molecule has 0 spiro atoms. The number of aromatic amines is 1. The summed E-state index contributed by atoms with van der Waals surface area (Å²) >= 11 is 1.29. The summed E-state index contributed by atoms with van der Waals surface area (Å²) in [4.78, 5) is 30.8. The second-order valence-corrected chi connectivity index (χ2v) is 6.43. The van der Waals surface area contributed by atoms with Crippen LogP contribution >= 0.6 is 11.8 Å². The fourth-order valence-corrected chi connectivity index (χ4v) is 2.86. The van der Waals surface area contributed by atoms with Gasteiger partial charge in [-0.05, 0) is 19.4 Å². The van der Waals surface area contributed by atoms with E-state index in [-0.39, 0.29) is 5.91 Å². The van der Waals surface area contributed by atoms with Gasteiger partial charge in [0.25, 0.3) is 0 Å². The van der Waals surface area contributed by atoms with Crippen molar-refractivity contribution in [3.63, 3.8) is 0 Å². The van der Waals surface area contributed by atoms with E-state index < -0.39 is 11.3 Å². The van der Waals surface area contributed by atoms with Crippen LogP contribution in [0.2, 0.25) is 0 Å². The van der Waals surface area contributed by atoms with E-state index in [1.807, 2.05) is 25.1 Å². The molecular weight excluding hydrogens is 312 g/mol. The largest absolute Gasteiger partial charge is 0.341 e. The summed E-state index contributed by atoms with van der Waals surface area (Å²) in [7, 11) is 1.46. The zero-order valence-electron chi connectivity index (χ0n) is 13.3. The van der Waals surface area contributed by atoms with Crippen molar-refractivity contribution in [2.75, 3.05) is 7.05 Å². The van der Waals surface area contributed by atoms with E-state index in [2.05, 4.69) is 32.7 Å². The minimum atomic E-state index is -0.511. The third-order valence-corrected chi connectivity index (χ3v) is 4.28. The maximum absolute atomic E-state index is 11.9. The molecule has 2 rings (SSSR count). The number of carbonyl (C=O) groups is 2. The third-order valence-electron chi connectivity index (χ3n) is 3.30. The number of aromatic nitrogens is 2. The van der Waals surface area contributed by atoms with Crippen molar-refractivity contribution in [2.45, 2.75) is 30.7 Å². The van der Waals surface area contributed by atoms with Crippen molar-refractivity contribution in [2.24, 2.45) is 0 Å². The maximum Gasteiger partial charge on any atom is 0.321 e. The molecule has 1 atom stereocenters. The van der Waals surface area contributed by atoms with Gasteiger partial charge in [0.15, 0.2) is 5.16 Å². The number of imide groups is 1. The minimum absolute atomic E-state index is 0.354. The van der Waals surface area contributed by atoms with Gasteiger partial charge in [0.05, 0.1) is 10.9 Å². The Labute approximate surface area is 139 Å². The Bertz CT molecular complexity index is 685. The molecule has 1 aromatic carbocycles. The van der Waals surface area contributed by atoms with E-state index in [4.69, 9.17) is 0 Å². The Morgan fingerprint density at radius 3 is 2.65 bits per heavy atom. The molecule has 3 amide bonds. The van der Waals surface area contributed by atoms with Crippen LogP contribution in [0.15, 0.2) is 35.5 Å². The number of imidazole rings is 1. The van der Waals surface area contributed by atoms with Gasteiger partial charge in [0.1, 0.15) is 0 Å². The van der Waals surface area contributed by atoms with Crippen molar-refractivity contribution in [3.05, 3.63) is 47.3 Å². The quantitative estimate of drug-likeness (QED) is 0.733.